The lowest BCUT2D eigenvalue weighted by Crippen LogP contribution is -2.30. The number of imide groups is 1. The minimum absolute atomic E-state index is 0.0427. The standard InChI is InChI=1S/C20H17ClN2O8/c1-10(24)30-17-11(6-12(21)8-16(17)28-2)7-14-18(25)23(20(27)22-14)9-13-4-5-15(31-13)19(26)29-3/h4-8H,9H2,1-3H3,(H,22,27)/b14-7+. The van der Waals surface area contributed by atoms with E-state index < -0.39 is 23.9 Å². The fourth-order valence-corrected chi connectivity index (χ4v) is 3.02. The first-order valence-electron chi connectivity index (χ1n) is 8.81. The highest BCUT2D eigenvalue weighted by Gasteiger charge is 2.35. The summed E-state index contributed by atoms with van der Waals surface area (Å²) in [5.74, 6) is -1.59. The highest BCUT2D eigenvalue weighted by atomic mass is 35.5. The van der Waals surface area contributed by atoms with Crippen LogP contribution in [-0.4, -0.2) is 43.0 Å². The Kier molecular flexibility index (Phi) is 6.30. The Balaban J connectivity index is 1.90. The topological polar surface area (TPSA) is 124 Å². The van der Waals surface area contributed by atoms with E-state index >= 15 is 0 Å². The zero-order valence-electron chi connectivity index (χ0n) is 16.7. The molecule has 0 unspecified atom stereocenters. The van der Waals surface area contributed by atoms with E-state index in [2.05, 4.69) is 10.1 Å². The molecule has 0 aliphatic carbocycles. The fraction of sp³-hybridized carbons (Fsp3) is 0.200. The van der Waals surface area contributed by atoms with Gasteiger partial charge in [0.2, 0.25) is 5.76 Å². The zero-order chi connectivity index (χ0) is 22.7. The Morgan fingerprint density at radius 3 is 2.61 bits per heavy atom. The van der Waals surface area contributed by atoms with Crippen LogP contribution in [0.5, 0.6) is 11.5 Å². The van der Waals surface area contributed by atoms with Gasteiger partial charge in [-0.15, -0.1) is 0 Å². The van der Waals surface area contributed by atoms with E-state index in [1.807, 2.05) is 0 Å². The average Bonchev–Trinajstić information content (AvgIpc) is 3.29. The van der Waals surface area contributed by atoms with Gasteiger partial charge in [-0.05, 0) is 24.3 Å². The molecular formula is C20H17ClN2O8. The number of esters is 2. The van der Waals surface area contributed by atoms with Crippen LogP contribution in [0.2, 0.25) is 5.02 Å². The lowest BCUT2D eigenvalue weighted by atomic mass is 10.1. The van der Waals surface area contributed by atoms with Crippen molar-refractivity contribution in [2.45, 2.75) is 13.5 Å². The van der Waals surface area contributed by atoms with Gasteiger partial charge in [-0.3, -0.25) is 14.5 Å². The number of carbonyl (C=O) groups excluding carboxylic acids is 4. The number of carbonyl (C=O) groups is 4. The molecule has 3 amide bonds. The summed E-state index contributed by atoms with van der Waals surface area (Å²) in [5.41, 5.74) is 0.165. The van der Waals surface area contributed by atoms with Crippen LogP contribution in [0.25, 0.3) is 6.08 Å². The Morgan fingerprint density at radius 2 is 1.97 bits per heavy atom. The number of ether oxygens (including phenoxy) is 3. The van der Waals surface area contributed by atoms with Gasteiger partial charge < -0.3 is 23.9 Å². The van der Waals surface area contributed by atoms with Crippen molar-refractivity contribution in [1.82, 2.24) is 10.2 Å². The van der Waals surface area contributed by atoms with Gasteiger partial charge in [0.15, 0.2) is 11.5 Å². The van der Waals surface area contributed by atoms with Crippen molar-refractivity contribution in [3.8, 4) is 11.5 Å². The molecule has 1 saturated heterocycles. The third-order valence-corrected chi connectivity index (χ3v) is 4.36. The number of nitrogens with zero attached hydrogens (tertiary/aromatic N) is 1. The molecule has 0 radical (unpaired) electrons. The van der Waals surface area contributed by atoms with Crippen molar-refractivity contribution in [3.63, 3.8) is 0 Å². The zero-order valence-corrected chi connectivity index (χ0v) is 17.4. The number of rotatable bonds is 6. The number of urea groups is 1. The van der Waals surface area contributed by atoms with Gasteiger partial charge in [0.05, 0.1) is 20.8 Å². The van der Waals surface area contributed by atoms with Crippen molar-refractivity contribution in [1.29, 1.82) is 0 Å². The van der Waals surface area contributed by atoms with Gasteiger partial charge in [0, 0.05) is 23.6 Å². The number of hydrogen-bond donors (Lipinski definition) is 1. The molecule has 2 heterocycles. The quantitative estimate of drug-likeness (QED) is 0.309. The Bertz CT molecular complexity index is 1100. The molecule has 1 aliphatic heterocycles. The normalized spacial score (nSPS) is 14.6. The second-order valence-corrected chi connectivity index (χ2v) is 6.69. The summed E-state index contributed by atoms with van der Waals surface area (Å²) in [6, 6.07) is 5.02. The number of nitrogens with one attached hydrogen (secondary N) is 1. The summed E-state index contributed by atoms with van der Waals surface area (Å²) in [6.45, 7) is 0.996. The Hall–Kier alpha value is -3.79. The summed E-state index contributed by atoms with van der Waals surface area (Å²) in [6.07, 6.45) is 1.31. The predicted molar refractivity (Wildman–Crippen MR) is 106 cm³/mol. The molecule has 1 aromatic carbocycles. The van der Waals surface area contributed by atoms with Crippen molar-refractivity contribution in [2.24, 2.45) is 0 Å². The first-order valence-corrected chi connectivity index (χ1v) is 9.18. The number of hydrogen-bond acceptors (Lipinski definition) is 8. The van der Waals surface area contributed by atoms with Crippen molar-refractivity contribution in [2.75, 3.05) is 14.2 Å². The molecule has 0 atom stereocenters. The maximum absolute atomic E-state index is 12.8. The number of methoxy groups -OCH3 is 2. The summed E-state index contributed by atoms with van der Waals surface area (Å²) in [7, 11) is 2.57. The molecule has 2 aromatic rings. The summed E-state index contributed by atoms with van der Waals surface area (Å²) in [4.78, 5) is 48.9. The molecular weight excluding hydrogens is 432 g/mol. The second-order valence-electron chi connectivity index (χ2n) is 6.26. The van der Waals surface area contributed by atoms with Crippen molar-refractivity contribution in [3.05, 3.63) is 52.1 Å². The van der Waals surface area contributed by atoms with Crippen LogP contribution < -0.4 is 14.8 Å². The van der Waals surface area contributed by atoms with E-state index in [0.29, 0.717) is 0 Å². The van der Waals surface area contributed by atoms with Crippen LogP contribution in [0.1, 0.15) is 28.8 Å². The first kappa shape index (κ1) is 21.9. The van der Waals surface area contributed by atoms with E-state index in [-0.39, 0.29) is 45.8 Å². The van der Waals surface area contributed by atoms with Gasteiger partial charge in [0.25, 0.3) is 5.91 Å². The summed E-state index contributed by atoms with van der Waals surface area (Å²) < 4.78 is 20.2. The molecule has 0 saturated carbocycles. The van der Waals surface area contributed by atoms with E-state index in [1.54, 1.807) is 0 Å². The molecule has 0 bridgehead atoms. The molecule has 1 aromatic heterocycles. The highest BCUT2D eigenvalue weighted by molar-refractivity contribution is 6.31. The molecule has 31 heavy (non-hydrogen) atoms. The molecule has 162 valence electrons. The number of halogens is 1. The van der Waals surface area contributed by atoms with Crippen LogP contribution in [0.3, 0.4) is 0 Å². The molecule has 11 heteroatoms. The highest BCUT2D eigenvalue weighted by Crippen LogP contribution is 2.36. The van der Waals surface area contributed by atoms with Gasteiger partial charge in [-0.25, -0.2) is 9.59 Å². The van der Waals surface area contributed by atoms with E-state index in [0.717, 1.165) is 4.90 Å². The van der Waals surface area contributed by atoms with Crippen LogP contribution in [-0.2, 0) is 20.9 Å². The van der Waals surface area contributed by atoms with Crippen LogP contribution in [0.4, 0.5) is 4.79 Å². The molecule has 3 rings (SSSR count). The second kappa shape index (κ2) is 8.92. The van der Waals surface area contributed by atoms with Gasteiger partial charge in [-0.1, -0.05) is 11.6 Å². The summed E-state index contributed by atoms with van der Waals surface area (Å²) in [5, 5.41) is 2.70. The smallest absolute Gasteiger partial charge is 0.373 e. The average molecular weight is 449 g/mol. The van der Waals surface area contributed by atoms with Crippen LogP contribution in [0.15, 0.2) is 34.4 Å². The van der Waals surface area contributed by atoms with Crippen LogP contribution in [0, 0.1) is 0 Å². The molecule has 1 N–H and O–H groups in total. The number of furan rings is 1. The maximum atomic E-state index is 12.8. The SMILES string of the molecule is COC(=O)c1ccc(CN2C(=O)N/C(=C/c3cc(Cl)cc(OC)c3OC(C)=O)C2=O)o1. The maximum Gasteiger partial charge on any atom is 0.373 e. The predicted octanol–water partition coefficient (Wildman–Crippen LogP) is 2.75. The molecule has 1 fully saturated rings. The largest absolute Gasteiger partial charge is 0.493 e. The fourth-order valence-electron chi connectivity index (χ4n) is 2.80. The molecule has 1 aliphatic rings. The van der Waals surface area contributed by atoms with Crippen molar-refractivity contribution < 1.29 is 37.8 Å². The monoisotopic (exact) mass is 448 g/mol. The first-order chi connectivity index (χ1) is 14.7. The minimum Gasteiger partial charge on any atom is -0.493 e. The van der Waals surface area contributed by atoms with E-state index in [9.17, 15) is 19.2 Å². The van der Waals surface area contributed by atoms with Gasteiger partial charge in [-0.2, -0.15) is 0 Å². The van der Waals surface area contributed by atoms with E-state index in [4.69, 9.17) is 25.5 Å². The summed E-state index contributed by atoms with van der Waals surface area (Å²) >= 11 is 6.08. The third-order valence-electron chi connectivity index (χ3n) is 4.14. The third kappa shape index (κ3) is 4.69. The van der Waals surface area contributed by atoms with Crippen molar-refractivity contribution >= 4 is 41.6 Å². The lowest BCUT2D eigenvalue weighted by Gasteiger charge is -2.12. The van der Waals surface area contributed by atoms with Gasteiger partial charge in [0.1, 0.15) is 11.5 Å². The van der Waals surface area contributed by atoms with Crippen LogP contribution >= 0.6 is 11.6 Å². The van der Waals surface area contributed by atoms with Gasteiger partial charge >= 0.3 is 18.0 Å². The van der Waals surface area contributed by atoms with E-state index in [1.165, 1.54) is 51.5 Å². The molecule has 10 nitrogen and oxygen atoms in total. The number of benzene rings is 1. The minimum atomic E-state index is -0.699. The molecule has 0 spiro atoms. The Labute approximate surface area is 181 Å². The number of amides is 3. The lowest BCUT2D eigenvalue weighted by molar-refractivity contribution is -0.132. The Morgan fingerprint density at radius 1 is 1.23 bits per heavy atom.